The van der Waals surface area contributed by atoms with E-state index in [-0.39, 0.29) is 46.7 Å². The van der Waals surface area contributed by atoms with E-state index in [2.05, 4.69) is 41.1 Å². The van der Waals surface area contributed by atoms with Crippen LogP contribution < -0.4 is 15.4 Å². The van der Waals surface area contributed by atoms with Crippen LogP contribution in [0.25, 0.3) is 0 Å². The number of benzene rings is 1. The molecular weight excluding hydrogens is 460 g/mol. The number of urea groups is 1. The SMILES string of the molecule is C.C.C.C.C[C@@H]1[C@@H](NS(=O)(=O)c2ccc(NC(=O)NCc3cccnc3)cc2)C[C@H]2C[C@@H]1C2(C)C. The van der Waals surface area contributed by atoms with Crippen LogP contribution in [-0.4, -0.2) is 25.5 Å². The van der Waals surface area contributed by atoms with Crippen molar-refractivity contribution in [1.82, 2.24) is 15.0 Å². The standard InChI is InChI=1S/C23H30N4O3S.4CH4/c1-15-20-11-17(23(20,2)3)12-21(15)27-31(29,30)19-8-6-18(7-9-19)26-22(28)25-14-16-5-4-10-24-13-16;;;;/h4-10,13,15,17,20-21,27H,11-12,14H2,1-3H3,(H2,25,26,28);4*1H4/t15-,17+,20-,21-;;;;/m0..../s1. The van der Waals surface area contributed by atoms with Gasteiger partial charge in [-0.2, -0.15) is 0 Å². The Labute approximate surface area is 213 Å². The highest BCUT2D eigenvalue weighted by Crippen LogP contribution is 2.61. The van der Waals surface area contributed by atoms with Crippen molar-refractivity contribution in [3.63, 3.8) is 0 Å². The van der Waals surface area contributed by atoms with Crippen LogP contribution in [0.3, 0.4) is 0 Å². The van der Waals surface area contributed by atoms with Crippen molar-refractivity contribution in [2.45, 2.75) is 80.8 Å². The minimum Gasteiger partial charge on any atom is -0.334 e. The van der Waals surface area contributed by atoms with Gasteiger partial charge in [-0.05, 0) is 71.9 Å². The monoisotopic (exact) mass is 506 g/mol. The molecule has 8 heteroatoms. The molecule has 3 aliphatic carbocycles. The lowest BCUT2D eigenvalue weighted by molar-refractivity contribution is -0.111. The lowest BCUT2D eigenvalue weighted by atomic mass is 9.45. The Morgan fingerprint density at radius 1 is 1.06 bits per heavy atom. The van der Waals surface area contributed by atoms with Crippen molar-refractivity contribution in [3.8, 4) is 0 Å². The quantitative estimate of drug-likeness (QED) is 0.428. The average Bonchev–Trinajstić information content (AvgIpc) is 2.74. The number of anilines is 1. The predicted molar refractivity (Wildman–Crippen MR) is 147 cm³/mol. The Bertz CT molecular complexity index is 1040. The van der Waals surface area contributed by atoms with Gasteiger partial charge < -0.3 is 10.6 Å². The molecule has 35 heavy (non-hydrogen) atoms. The molecule has 2 bridgehead atoms. The van der Waals surface area contributed by atoms with Crippen LogP contribution in [0.1, 0.15) is 68.9 Å². The minimum absolute atomic E-state index is 0. The number of nitrogens with one attached hydrogen (secondary N) is 3. The maximum Gasteiger partial charge on any atom is 0.319 e. The number of carbonyl (C=O) groups excluding carboxylic acids is 1. The third-order valence-electron chi connectivity index (χ3n) is 7.26. The first-order chi connectivity index (χ1) is 14.7. The maximum absolute atomic E-state index is 12.9. The fourth-order valence-corrected chi connectivity index (χ4v) is 6.49. The van der Waals surface area contributed by atoms with Crippen LogP contribution in [0.2, 0.25) is 0 Å². The number of nitrogens with zero attached hydrogens (tertiary/aromatic N) is 1. The van der Waals surface area contributed by atoms with Crippen molar-refractivity contribution < 1.29 is 13.2 Å². The molecule has 2 aromatic rings. The molecule has 2 amide bonds. The maximum atomic E-state index is 12.9. The lowest BCUT2D eigenvalue weighted by Crippen LogP contribution is -2.60. The van der Waals surface area contributed by atoms with Gasteiger partial charge in [-0.1, -0.05) is 56.5 Å². The highest BCUT2D eigenvalue weighted by Gasteiger charge is 2.56. The summed E-state index contributed by atoms with van der Waals surface area (Å²) in [6.45, 7) is 7.11. The molecule has 7 nitrogen and oxygen atoms in total. The van der Waals surface area contributed by atoms with E-state index < -0.39 is 10.0 Å². The summed E-state index contributed by atoms with van der Waals surface area (Å²) in [6, 6.07) is 9.53. The van der Waals surface area contributed by atoms with E-state index in [0.717, 1.165) is 12.0 Å². The molecule has 0 saturated heterocycles. The molecular formula is C27H46N4O3S. The van der Waals surface area contributed by atoms with E-state index in [0.29, 0.717) is 35.4 Å². The van der Waals surface area contributed by atoms with E-state index in [1.807, 2.05) is 6.07 Å². The lowest BCUT2D eigenvalue weighted by Gasteiger charge is -2.62. The molecule has 198 valence electrons. The van der Waals surface area contributed by atoms with E-state index in [1.165, 1.54) is 18.6 Å². The summed E-state index contributed by atoms with van der Waals surface area (Å²) in [7, 11) is -3.61. The van der Waals surface area contributed by atoms with Crippen molar-refractivity contribution in [2.75, 3.05) is 5.32 Å². The number of pyridine rings is 1. The number of rotatable bonds is 6. The van der Waals surface area contributed by atoms with E-state index in [9.17, 15) is 13.2 Å². The van der Waals surface area contributed by atoms with Gasteiger partial charge in [-0.25, -0.2) is 17.9 Å². The Balaban J connectivity index is 0.00000289. The Morgan fingerprint density at radius 3 is 2.26 bits per heavy atom. The smallest absolute Gasteiger partial charge is 0.319 e. The fourth-order valence-electron chi connectivity index (χ4n) is 5.15. The van der Waals surface area contributed by atoms with Gasteiger partial charge in [-0.15, -0.1) is 0 Å². The molecule has 1 aromatic carbocycles. The molecule has 0 aliphatic heterocycles. The first-order valence-electron chi connectivity index (χ1n) is 10.7. The van der Waals surface area contributed by atoms with Gasteiger partial charge in [0.25, 0.3) is 0 Å². The van der Waals surface area contributed by atoms with Crippen LogP contribution in [-0.2, 0) is 16.6 Å². The highest BCUT2D eigenvalue weighted by atomic mass is 32.2. The number of amides is 2. The summed E-state index contributed by atoms with van der Waals surface area (Å²) >= 11 is 0. The topological polar surface area (TPSA) is 100 Å². The van der Waals surface area contributed by atoms with E-state index in [4.69, 9.17) is 0 Å². The van der Waals surface area contributed by atoms with Crippen LogP contribution in [0, 0.1) is 23.2 Å². The largest absolute Gasteiger partial charge is 0.334 e. The summed E-state index contributed by atoms with van der Waals surface area (Å²) in [5.41, 5.74) is 1.73. The van der Waals surface area contributed by atoms with Gasteiger partial charge in [0, 0.05) is 30.7 Å². The van der Waals surface area contributed by atoms with E-state index in [1.54, 1.807) is 30.6 Å². The molecule has 0 unspecified atom stereocenters. The molecule has 0 spiro atoms. The number of hydrogen-bond acceptors (Lipinski definition) is 4. The van der Waals surface area contributed by atoms with Crippen LogP contribution in [0.15, 0.2) is 53.7 Å². The van der Waals surface area contributed by atoms with Crippen LogP contribution >= 0.6 is 0 Å². The van der Waals surface area contributed by atoms with Gasteiger partial charge in [0.15, 0.2) is 0 Å². The number of fused-ring (bicyclic) bond motifs is 2. The van der Waals surface area contributed by atoms with Crippen molar-refractivity contribution >= 4 is 21.7 Å². The Morgan fingerprint density at radius 2 is 1.71 bits per heavy atom. The zero-order chi connectivity index (χ0) is 22.2. The van der Waals surface area contributed by atoms with Crippen LogP contribution in [0.5, 0.6) is 0 Å². The van der Waals surface area contributed by atoms with E-state index >= 15 is 0 Å². The summed E-state index contributed by atoms with van der Waals surface area (Å²) < 4.78 is 28.7. The number of aromatic nitrogens is 1. The van der Waals surface area contributed by atoms with Gasteiger partial charge >= 0.3 is 6.03 Å². The summed E-state index contributed by atoms with van der Waals surface area (Å²) in [5.74, 6) is 1.47. The molecule has 4 atom stereocenters. The number of carbonyl (C=O) groups is 1. The summed E-state index contributed by atoms with van der Waals surface area (Å²) in [4.78, 5) is 16.3. The van der Waals surface area contributed by atoms with Crippen LogP contribution in [0.4, 0.5) is 10.5 Å². The number of hydrogen-bond donors (Lipinski definition) is 3. The Kier molecular flexibility index (Phi) is 11.6. The molecule has 3 saturated carbocycles. The fraction of sp³-hybridized carbons (Fsp3) is 0.556. The van der Waals surface area contributed by atoms with Crippen molar-refractivity contribution in [1.29, 1.82) is 0 Å². The first kappa shape index (κ1) is 32.5. The van der Waals surface area contributed by atoms with Gasteiger partial charge in [0.05, 0.1) is 4.90 Å². The minimum atomic E-state index is -3.61. The first-order valence-corrected chi connectivity index (χ1v) is 12.2. The molecule has 3 fully saturated rings. The second-order valence-corrected chi connectivity index (χ2v) is 11.1. The molecule has 5 rings (SSSR count). The summed E-state index contributed by atoms with van der Waals surface area (Å²) in [6.07, 6.45) is 5.45. The summed E-state index contributed by atoms with van der Waals surface area (Å²) in [5, 5.41) is 5.46. The normalized spacial score (nSPS) is 23.5. The van der Waals surface area contributed by atoms with Gasteiger partial charge in [0.2, 0.25) is 10.0 Å². The van der Waals surface area contributed by atoms with Crippen molar-refractivity contribution in [2.24, 2.45) is 23.2 Å². The molecule has 3 aliphatic rings. The third kappa shape index (κ3) is 6.82. The van der Waals surface area contributed by atoms with Gasteiger partial charge in [0.1, 0.15) is 0 Å². The number of sulfonamides is 1. The third-order valence-corrected chi connectivity index (χ3v) is 8.76. The molecule has 1 heterocycles. The molecule has 0 radical (unpaired) electrons. The average molecular weight is 507 g/mol. The molecule has 3 N–H and O–H groups in total. The van der Waals surface area contributed by atoms with Crippen molar-refractivity contribution in [3.05, 3.63) is 54.4 Å². The Hall–Kier alpha value is -2.45. The second kappa shape index (κ2) is 12.5. The second-order valence-electron chi connectivity index (χ2n) is 9.38. The predicted octanol–water partition coefficient (Wildman–Crippen LogP) is 6.30. The van der Waals surface area contributed by atoms with Gasteiger partial charge in [-0.3, -0.25) is 4.98 Å². The zero-order valence-electron chi connectivity index (χ0n) is 18.1. The molecule has 1 aromatic heterocycles. The zero-order valence-corrected chi connectivity index (χ0v) is 18.9. The highest BCUT2D eigenvalue weighted by molar-refractivity contribution is 7.89.